The number of hydrogen-bond donors (Lipinski definition) is 4. The summed E-state index contributed by atoms with van der Waals surface area (Å²) < 4.78 is 10.4. The lowest BCUT2D eigenvalue weighted by atomic mass is 10.0. The van der Waals surface area contributed by atoms with E-state index in [1.165, 1.54) is 89.7 Å². The number of aliphatic carboxylic acids is 1. The quantitative estimate of drug-likeness (QED) is 0.0670. The van der Waals surface area contributed by atoms with Gasteiger partial charge in [-0.3, -0.25) is 14.4 Å². The van der Waals surface area contributed by atoms with Crippen LogP contribution in [0.3, 0.4) is 0 Å². The van der Waals surface area contributed by atoms with Gasteiger partial charge in [-0.1, -0.05) is 82.6 Å². The number of carbonyl (C=O) groups is 4. The predicted molar refractivity (Wildman–Crippen MR) is 166 cm³/mol. The Bertz CT molecular complexity index is 746. The van der Waals surface area contributed by atoms with E-state index in [-0.39, 0.29) is 63.5 Å². The average Bonchev–Trinajstić information content (AvgIpc) is 2.95. The van der Waals surface area contributed by atoms with E-state index in [2.05, 4.69) is 29.5 Å². The van der Waals surface area contributed by atoms with Crippen molar-refractivity contribution in [3.63, 3.8) is 0 Å². The highest BCUT2D eigenvalue weighted by Gasteiger charge is 2.20. The van der Waals surface area contributed by atoms with Crippen LogP contribution in [0.4, 0.5) is 0 Å². The molecule has 0 unspecified atom stereocenters. The van der Waals surface area contributed by atoms with Crippen LogP contribution in [0.1, 0.15) is 122 Å². The van der Waals surface area contributed by atoms with Crippen molar-refractivity contribution in [2.24, 2.45) is 0 Å². The lowest BCUT2D eigenvalue weighted by molar-refractivity contribution is -0.142. The van der Waals surface area contributed by atoms with E-state index in [1.807, 2.05) is 0 Å². The Morgan fingerprint density at radius 2 is 1.17 bits per heavy atom. The largest absolute Gasteiger partial charge is 0.480 e. The fraction of sp³-hybridized carbons (Fsp3) is 0.812. The zero-order chi connectivity index (χ0) is 31.3. The van der Waals surface area contributed by atoms with Crippen LogP contribution in [0.5, 0.6) is 0 Å². The molecule has 0 aliphatic carbocycles. The number of carboxylic acids is 1. The molecule has 0 rings (SSSR count). The van der Waals surface area contributed by atoms with Gasteiger partial charge in [0.1, 0.15) is 12.6 Å². The first-order valence-electron chi connectivity index (χ1n) is 16.1. The second-order valence-corrected chi connectivity index (χ2v) is 11.1. The molecule has 0 aliphatic heterocycles. The van der Waals surface area contributed by atoms with Crippen molar-refractivity contribution in [1.82, 2.24) is 16.0 Å². The minimum Gasteiger partial charge on any atom is -0.480 e. The van der Waals surface area contributed by atoms with E-state index < -0.39 is 12.0 Å². The first-order chi connectivity index (χ1) is 20.3. The number of nitrogens with one attached hydrogen (secondary N) is 3. The molecule has 244 valence electrons. The molecule has 3 amide bonds. The minimum atomic E-state index is -1.14. The van der Waals surface area contributed by atoms with Crippen molar-refractivity contribution in [3.05, 3.63) is 12.2 Å². The van der Waals surface area contributed by atoms with Crippen molar-refractivity contribution < 1.29 is 33.8 Å². The maximum Gasteiger partial charge on any atom is 0.326 e. The van der Waals surface area contributed by atoms with Crippen molar-refractivity contribution in [3.8, 4) is 0 Å². The summed E-state index contributed by atoms with van der Waals surface area (Å²) in [5.41, 5.74) is 1.29. The van der Waals surface area contributed by atoms with E-state index in [0.717, 1.165) is 19.3 Å². The summed E-state index contributed by atoms with van der Waals surface area (Å²) in [6, 6.07) is -1.08. The Labute approximate surface area is 254 Å². The number of carboxylic acid groups (broad SMARTS) is 1. The summed E-state index contributed by atoms with van der Waals surface area (Å²) in [6.07, 6.45) is 18.6. The molecule has 0 aromatic rings. The van der Waals surface area contributed by atoms with Gasteiger partial charge in [0.15, 0.2) is 0 Å². The van der Waals surface area contributed by atoms with Gasteiger partial charge in [-0.15, -0.1) is 6.58 Å². The van der Waals surface area contributed by atoms with Gasteiger partial charge in [0.25, 0.3) is 0 Å². The van der Waals surface area contributed by atoms with Crippen molar-refractivity contribution in [1.29, 1.82) is 0 Å². The van der Waals surface area contributed by atoms with Crippen LogP contribution >= 0.6 is 0 Å². The molecule has 0 aromatic carbocycles. The molecule has 4 N–H and O–H groups in total. The Morgan fingerprint density at radius 1 is 0.667 bits per heavy atom. The number of ether oxygens (including phenoxy) is 2. The van der Waals surface area contributed by atoms with Crippen molar-refractivity contribution >= 4 is 23.7 Å². The van der Waals surface area contributed by atoms with Gasteiger partial charge in [0, 0.05) is 26.4 Å². The summed E-state index contributed by atoms with van der Waals surface area (Å²) in [7, 11) is 1.53. The fourth-order valence-electron chi connectivity index (χ4n) is 4.44. The van der Waals surface area contributed by atoms with Crippen LogP contribution < -0.4 is 16.0 Å². The number of carbonyl (C=O) groups excluding carboxylic acids is 3. The van der Waals surface area contributed by atoms with E-state index in [1.54, 1.807) is 0 Å². The van der Waals surface area contributed by atoms with Gasteiger partial charge in [-0.25, -0.2) is 4.79 Å². The van der Waals surface area contributed by atoms with Crippen LogP contribution in [0.25, 0.3) is 0 Å². The van der Waals surface area contributed by atoms with Crippen LogP contribution in [-0.2, 0) is 28.7 Å². The third-order valence-electron chi connectivity index (χ3n) is 7.00. The smallest absolute Gasteiger partial charge is 0.326 e. The number of hydrogen-bond acceptors (Lipinski definition) is 6. The van der Waals surface area contributed by atoms with Crippen LogP contribution in [0.15, 0.2) is 12.2 Å². The number of likely N-dealkylation sites (N-methyl/N-ethyl adjacent to an activating group) is 1. The summed E-state index contributed by atoms with van der Waals surface area (Å²) >= 11 is 0. The second-order valence-electron chi connectivity index (χ2n) is 11.1. The molecule has 0 heterocycles. The molecule has 0 aromatic heterocycles. The van der Waals surface area contributed by atoms with Crippen LogP contribution in [0.2, 0.25) is 0 Å². The fourth-order valence-corrected chi connectivity index (χ4v) is 4.44. The highest BCUT2D eigenvalue weighted by Crippen LogP contribution is 2.14. The topological polar surface area (TPSA) is 143 Å². The molecular formula is C32H59N3O7. The number of rotatable bonds is 30. The zero-order valence-electron chi connectivity index (χ0n) is 26.4. The number of amides is 3. The number of allylic oxidation sites excluding steroid dienone is 1. The predicted octanol–water partition coefficient (Wildman–Crippen LogP) is 5.05. The molecule has 10 heteroatoms. The normalized spacial score (nSPS) is 11.6. The molecule has 0 bridgehead atoms. The molecule has 1 atom stereocenters. The van der Waals surface area contributed by atoms with E-state index in [9.17, 15) is 24.3 Å². The van der Waals surface area contributed by atoms with Gasteiger partial charge in [0.05, 0.1) is 19.8 Å². The first-order valence-corrected chi connectivity index (χ1v) is 16.1. The molecule has 10 nitrogen and oxygen atoms in total. The van der Waals surface area contributed by atoms with Gasteiger partial charge in [0.2, 0.25) is 17.7 Å². The Kier molecular flexibility index (Phi) is 27.0. The second kappa shape index (κ2) is 28.6. The van der Waals surface area contributed by atoms with E-state index >= 15 is 0 Å². The minimum absolute atomic E-state index is 0.0116. The maximum absolute atomic E-state index is 12.2. The van der Waals surface area contributed by atoms with Crippen LogP contribution in [0, 0.1) is 0 Å². The number of unbranched alkanes of at least 4 members (excludes halogenated alkanes) is 13. The highest BCUT2D eigenvalue weighted by molar-refractivity contribution is 5.84. The molecule has 0 spiro atoms. The lowest BCUT2D eigenvalue weighted by Gasteiger charge is -2.14. The monoisotopic (exact) mass is 597 g/mol. The molecule has 0 fully saturated rings. The molecule has 0 aliphatic rings. The van der Waals surface area contributed by atoms with E-state index in [0.29, 0.717) is 6.42 Å². The summed E-state index contributed by atoms with van der Waals surface area (Å²) in [5, 5.41) is 17.1. The first kappa shape index (κ1) is 39.5. The van der Waals surface area contributed by atoms with Crippen molar-refractivity contribution in [2.45, 2.75) is 129 Å². The zero-order valence-corrected chi connectivity index (χ0v) is 26.4. The SMILES string of the molecule is C=C(C)CCCCCCCCCCCCCCCCC(=O)N[C@@H](CCC(=O)NCCOCCOCC(=O)NC)C(=O)O. The summed E-state index contributed by atoms with van der Waals surface area (Å²) in [5.74, 6) is -1.95. The maximum atomic E-state index is 12.2. The summed E-state index contributed by atoms with van der Waals surface area (Å²) in [6.45, 7) is 7.12. The average molecular weight is 598 g/mol. The van der Waals surface area contributed by atoms with Gasteiger partial charge >= 0.3 is 5.97 Å². The standard InChI is InChI=1S/C32H59N3O7/c1-27(2)18-16-14-12-10-8-6-4-5-7-9-11-13-15-17-19-30(37)35-28(32(39)40)20-21-29(36)34-22-23-41-24-25-42-26-31(38)33-3/h28H,1,4-26H2,2-3H3,(H,33,38)(H,34,36)(H,35,37)(H,39,40)/t28-/m0/s1. The third kappa shape index (κ3) is 27.7. The summed E-state index contributed by atoms with van der Waals surface area (Å²) in [4.78, 5) is 46.7. The van der Waals surface area contributed by atoms with Gasteiger partial charge < -0.3 is 30.5 Å². The molecule has 0 radical (unpaired) electrons. The van der Waals surface area contributed by atoms with E-state index in [4.69, 9.17) is 9.47 Å². The molecule has 42 heavy (non-hydrogen) atoms. The van der Waals surface area contributed by atoms with Gasteiger partial charge in [-0.2, -0.15) is 0 Å². The van der Waals surface area contributed by atoms with Crippen LogP contribution in [-0.4, -0.2) is 74.9 Å². The molecular weight excluding hydrogens is 538 g/mol. The Hall–Kier alpha value is -2.46. The molecule has 0 saturated carbocycles. The Morgan fingerprint density at radius 3 is 1.67 bits per heavy atom. The van der Waals surface area contributed by atoms with Gasteiger partial charge in [-0.05, 0) is 32.6 Å². The lowest BCUT2D eigenvalue weighted by Crippen LogP contribution is -2.41. The Balaban J connectivity index is 3.66. The highest BCUT2D eigenvalue weighted by atomic mass is 16.5. The third-order valence-corrected chi connectivity index (χ3v) is 7.00. The molecule has 0 saturated heterocycles. The van der Waals surface area contributed by atoms with Crippen molar-refractivity contribution in [2.75, 3.05) is 40.0 Å².